The lowest BCUT2D eigenvalue weighted by Crippen LogP contribution is -2.01. The second kappa shape index (κ2) is 8.20. The lowest BCUT2D eigenvalue weighted by molar-refractivity contribution is 1.14. The van der Waals surface area contributed by atoms with Crippen molar-refractivity contribution in [2.75, 3.05) is 5.32 Å². The van der Waals surface area contributed by atoms with Gasteiger partial charge in [-0.3, -0.25) is 0 Å². The molecule has 0 aliphatic rings. The van der Waals surface area contributed by atoms with Crippen molar-refractivity contribution in [3.05, 3.63) is 54.5 Å². The molecule has 0 radical (unpaired) electrons. The number of nitrogens with one attached hydrogen (secondary N) is 1. The number of hydrogen-bond donors (Lipinski definition) is 1. The van der Waals surface area contributed by atoms with Crippen molar-refractivity contribution in [1.29, 1.82) is 10.5 Å². The number of halogens is 5. The Bertz CT molecular complexity index is 943. The van der Waals surface area contributed by atoms with Gasteiger partial charge in [-0.05, 0) is 37.1 Å². The van der Waals surface area contributed by atoms with Crippen LogP contribution in [0.2, 0.25) is 20.1 Å². The van der Waals surface area contributed by atoms with Gasteiger partial charge in [-0.1, -0.05) is 69.0 Å². The van der Waals surface area contributed by atoms with E-state index in [1.807, 2.05) is 38.1 Å². The van der Waals surface area contributed by atoms with Crippen molar-refractivity contribution >= 4 is 80.4 Å². The summed E-state index contributed by atoms with van der Waals surface area (Å²) >= 11 is 27.1. The molecule has 0 aliphatic heterocycles. The van der Waals surface area contributed by atoms with Crippen LogP contribution in [0.15, 0.2) is 12.1 Å². The first-order valence-electron chi connectivity index (χ1n) is 6.94. The van der Waals surface area contributed by atoms with Crippen molar-refractivity contribution < 1.29 is 0 Å². The standard InChI is InChI=1S/C17H10Cl4IN3/c1-7-3-12(18)9(8(2)22)4-13(7)25-17-11(6-24)14(19)10(5-23)15(20)16(17)21/h3-4,8,25H,1-2H3. The van der Waals surface area contributed by atoms with E-state index in [9.17, 15) is 10.5 Å². The molecule has 2 aromatic carbocycles. The summed E-state index contributed by atoms with van der Waals surface area (Å²) in [4.78, 5) is 0. The van der Waals surface area contributed by atoms with E-state index >= 15 is 0 Å². The molecule has 1 atom stereocenters. The molecule has 0 heterocycles. The van der Waals surface area contributed by atoms with Crippen LogP contribution in [-0.4, -0.2) is 0 Å². The van der Waals surface area contributed by atoms with E-state index in [2.05, 4.69) is 27.9 Å². The van der Waals surface area contributed by atoms with Crippen LogP contribution in [0.5, 0.6) is 0 Å². The summed E-state index contributed by atoms with van der Waals surface area (Å²) in [6, 6.07) is 7.58. The SMILES string of the molecule is Cc1cc(Cl)c(C(C)I)cc1Nc1c(Cl)c(Cl)c(C#N)c(Cl)c1C#N. The summed E-state index contributed by atoms with van der Waals surface area (Å²) in [5, 5.41) is 22.5. The van der Waals surface area contributed by atoms with Crippen LogP contribution < -0.4 is 5.32 Å². The lowest BCUT2D eigenvalue weighted by atomic mass is 10.1. The molecule has 25 heavy (non-hydrogen) atoms. The van der Waals surface area contributed by atoms with E-state index in [1.165, 1.54) is 0 Å². The Morgan fingerprint density at radius 1 is 1.00 bits per heavy atom. The van der Waals surface area contributed by atoms with Gasteiger partial charge in [0.15, 0.2) is 0 Å². The number of rotatable bonds is 3. The number of aryl methyl sites for hydroxylation is 1. The Morgan fingerprint density at radius 3 is 2.12 bits per heavy atom. The van der Waals surface area contributed by atoms with Gasteiger partial charge in [0.2, 0.25) is 0 Å². The Kier molecular flexibility index (Phi) is 6.70. The molecule has 3 nitrogen and oxygen atoms in total. The van der Waals surface area contributed by atoms with Gasteiger partial charge in [-0.2, -0.15) is 10.5 Å². The molecular weight excluding hydrogens is 515 g/mol. The molecule has 0 saturated heterocycles. The smallest absolute Gasteiger partial charge is 0.103 e. The molecule has 0 bridgehead atoms. The maximum Gasteiger partial charge on any atom is 0.103 e. The lowest BCUT2D eigenvalue weighted by Gasteiger charge is -2.18. The summed E-state index contributed by atoms with van der Waals surface area (Å²) in [5.41, 5.74) is 2.82. The number of anilines is 2. The van der Waals surface area contributed by atoms with Crippen LogP contribution in [0.3, 0.4) is 0 Å². The quantitative estimate of drug-likeness (QED) is 0.255. The van der Waals surface area contributed by atoms with Crippen LogP contribution in [0.4, 0.5) is 11.4 Å². The van der Waals surface area contributed by atoms with Gasteiger partial charge < -0.3 is 5.32 Å². The number of benzene rings is 2. The van der Waals surface area contributed by atoms with E-state index in [0.717, 1.165) is 16.8 Å². The van der Waals surface area contributed by atoms with Crippen LogP contribution in [-0.2, 0) is 0 Å². The van der Waals surface area contributed by atoms with Crippen LogP contribution >= 0.6 is 69.0 Å². The van der Waals surface area contributed by atoms with E-state index in [-0.39, 0.29) is 35.8 Å². The first-order chi connectivity index (χ1) is 11.7. The summed E-state index contributed by atoms with van der Waals surface area (Å²) in [5.74, 6) is 0. The van der Waals surface area contributed by atoms with Gasteiger partial charge >= 0.3 is 0 Å². The highest BCUT2D eigenvalue weighted by molar-refractivity contribution is 14.1. The third-order valence-corrected chi connectivity index (χ3v) is 5.81. The Balaban J connectivity index is 2.69. The van der Waals surface area contributed by atoms with Gasteiger partial charge in [-0.25, -0.2) is 0 Å². The molecule has 1 unspecified atom stereocenters. The minimum Gasteiger partial charge on any atom is -0.353 e. The monoisotopic (exact) mass is 523 g/mol. The molecule has 0 spiro atoms. The highest BCUT2D eigenvalue weighted by Crippen LogP contribution is 2.43. The fourth-order valence-corrected chi connectivity index (χ4v) is 4.12. The Hall–Kier alpha value is -0.890. The minimum absolute atomic E-state index is 0.00441. The second-order valence-corrected chi connectivity index (χ2v) is 8.63. The Labute approximate surface area is 179 Å². The Morgan fingerprint density at radius 2 is 1.60 bits per heavy atom. The molecule has 8 heteroatoms. The van der Waals surface area contributed by atoms with Crippen molar-refractivity contribution in [2.24, 2.45) is 0 Å². The molecule has 0 aromatic heterocycles. The predicted molar refractivity (Wildman–Crippen MR) is 113 cm³/mol. The maximum atomic E-state index is 9.46. The van der Waals surface area contributed by atoms with Crippen LogP contribution in [0.25, 0.3) is 0 Å². The zero-order valence-corrected chi connectivity index (χ0v) is 18.2. The fraction of sp³-hybridized carbons (Fsp3) is 0.176. The van der Waals surface area contributed by atoms with Crippen molar-refractivity contribution in [3.8, 4) is 12.1 Å². The highest BCUT2D eigenvalue weighted by atomic mass is 127. The average Bonchev–Trinajstić information content (AvgIpc) is 2.55. The van der Waals surface area contributed by atoms with Gasteiger partial charge in [0.1, 0.15) is 12.1 Å². The molecule has 0 aliphatic carbocycles. The molecule has 0 saturated carbocycles. The largest absolute Gasteiger partial charge is 0.353 e. The van der Waals surface area contributed by atoms with Gasteiger partial charge in [0, 0.05) is 14.6 Å². The molecule has 128 valence electrons. The first kappa shape index (κ1) is 20.4. The highest BCUT2D eigenvalue weighted by Gasteiger charge is 2.22. The van der Waals surface area contributed by atoms with Gasteiger partial charge in [0.25, 0.3) is 0 Å². The van der Waals surface area contributed by atoms with Gasteiger partial charge in [0.05, 0.1) is 31.9 Å². The first-order valence-corrected chi connectivity index (χ1v) is 9.70. The summed E-state index contributed by atoms with van der Waals surface area (Å²) < 4.78 is 0.185. The fourth-order valence-electron chi connectivity index (χ4n) is 2.24. The second-order valence-electron chi connectivity index (χ2n) is 5.22. The van der Waals surface area contributed by atoms with E-state index in [0.29, 0.717) is 5.02 Å². The molecule has 2 aromatic rings. The number of nitrogens with zero attached hydrogens (tertiary/aromatic N) is 2. The summed E-state index contributed by atoms with van der Waals surface area (Å²) in [7, 11) is 0. The third-order valence-electron chi connectivity index (χ3n) is 3.58. The topological polar surface area (TPSA) is 59.6 Å². The zero-order valence-electron chi connectivity index (χ0n) is 13.0. The van der Waals surface area contributed by atoms with Crippen molar-refractivity contribution in [3.63, 3.8) is 0 Å². The maximum absolute atomic E-state index is 9.46. The molecule has 0 amide bonds. The van der Waals surface area contributed by atoms with E-state index in [4.69, 9.17) is 46.4 Å². The minimum atomic E-state index is -0.0315. The van der Waals surface area contributed by atoms with E-state index in [1.54, 1.807) is 0 Å². The normalized spacial score (nSPS) is 11.6. The number of nitriles is 2. The predicted octanol–water partition coefficient (Wildman–Crippen LogP) is 7.59. The van der Waals surface area contributed by atoms with Gasteiger partial charge in [-0.15, -0.1) is 0 Å². The molecular formula is C17H10Cl4IN3. The molecule has 1 N–H and O–H groups in total. The molecule has 0 fully saturated rings. The number of hydrogen-bond acceptors (Lipinski definition) is 3. The summed E-state index contributed by atoms with van der Waals surface area (Å²) in [6.07, 6.45) is 0. The molecule has 2 rings (SSSR count). The third kappa shape index (κ3) is 3.94. The van der Waals surface area contributed by atoms with Crippen LogP contribution in [0.1, 0.15) is 33.1 Å². The van der Waals surface area contributed by atoms with Crippen molar-refractivity contribution in [1.82, 2.24) is 0 Å². The summed E-state index contributed by atoms with van der Waals surface area (Å²) in [6.45, 7) is 3.90. The number of alkyl halides is 1. The average molecular weight is 525 g/mol. The zero-order chi connectivity index (χ0) is 18.9. The van der Waals surface area contributed by atoms with Crippen LogP contribution in [0, 0.1) is 29.6 Å². The van der Waals surface area contributed by atoms with E-state index < -0.39 is 0 Å². The van der Waals surface area contributed by atoms with Crippen molar-refractivity contribution in [2.45, 2.75) is 17.8 Å².